The maximum Gasteiger partial charge on any atom is 0.357 e. The van der Waals surface area contributed by atoms with Crippen molar-refractivity contribution in [2.75, 3.05) is 44.2 Å². The topological polar surface area (TPSA) is 74.2 Å². The number of hydrogen-bond acceptors (Lipinski definition) is 4. The van der Waals surface area contributed by atoms with E-state index in [1.807, 2.05) is 30.3 Å². The summed E-state index contributed by atoms with van der Waals surface area (Å²) in [5.74, 6) is 1.49. The fourth-order valence-corrected chi connectivity index (χ4v) is 2.95. The van der Waals surface area contributed by atoms with Crippen LogP contribution < -0.4 is 19.5 Å². The average Bonchev–Trinajstić information content (AvgIpc) is 2.63. The highest BCUT2D eigenvalue weighted by atomic mass is 16.6. The summed E-state index contributed by atoms with van der Waals surface area (Å²) in [6.07, 6.45) is 1.73. The molecule has 0 saturated carbocycles. The summed E-state index contributed by atoms with van der Waals surface area (Å²) in [4.78, 5) is 17.3. The van der Waals surface area contributed by atoms with Gasteiger partial charge in [0.1, 0.15) is 45.1 Å². The molecule has 1 aliphatic rings. The first-order chi connectivity index (χ1) is 11.7. The quantitative estimate of drug-likeness (QED) is 0.606. The largest absolute Gasteiger partial charge is 0.488 e. The van der Waals surface area contributed by atoms with E-state index in [2.05, 4.69) is 9.88 Å². The number of benzene rings is 1. The molecule has 126 valence electrons. The molecule has 0 aliphatic carbocycles. The van der Waals surface area contributed by atoms with Gasteiger partial charge in [-0.05, 0) is 18.2 Å². The standard InChI is InChI=1S/C17H20N4O3/c22-21(23)16-7-4-8-18-17(16)20-11-9-19(10-12-20)13-14-24-15-5-2-1-3-6-15/h1-8H,9-14H2/p+2. The first-order valence-corrected chi connectivity index (χ1v) is 8.15. The van der Waals surface area contributed by atoms with Gasteiger partial charge in [0.15, 0.2) is 0 Å². The molecule has 0 bridgehead atoms. The van der Waals surface area contributed by atoms with Crippen LogP contribution in [0.2, 0.25) is 0 Å². The van der Waals surface area contributed by atoms with Crippen LogP contribution in [0.25, 0.3) is 0 Å². The van der Waals surface area contributed by atoms with Gasteiger partial charge in [-0.1, -0.05) is 18.2 Å². The predicted octanol–water partition coefficient (Wildman–Crippen LogP) is 0.193. The molecule has 24 heavy (non-hydrogen) atoms. The fraction of sp³-hybridized carbons (Fsp3) is 0.353. The number of pyridine rings is 1. The van der Waals surface area contributed by atoms with E-state index < -0.39 is 0 Å². The lowest BCUT2D eigenvalue weighted by Crippen LogP contribution is -3.15. The molecule has 0 atom stereocenters. The Kier molecular flexibility index (Phi) is 5.22. The number of hydrogen-bond donors (Lipinski definition) is 1. The van der Waals surface area contributed by atoms with Crippen LogP contribution in [0.5, 0.6) is 5.75 Å². The SMILES string of the molecule is O=[N+]([O-])c1ccc[nH+]c1N1CC[NH+](CCOc2ccccc2)CC1. The number of aromatic nitrogens is 1. The summed E-state index contributed by atoms with van der Waals surface area (Å²) in [6.45, 7) is 5.08. The van der Waals surface area contributed by atoms with Gasteiger partial charge >= 0.3 is 11.5 Å². The number of anilines is 1. The maximum atomic E-state index is 11.1. The van der Waals surface area contributed by atoms with E-state index in [9.17, 15) is 10.1 Å². The van der Waals surface area contributed by atoms with E-state index in [1.165, 1.54) is 4.90 Å². The van der Waals surface area contributed by atoms with Gasteiger partial charge in [-0.2, -0.15) is 0 Å². The smallest absolute Gasteiger partial charge is 0.357 e. The van der Waals surface area contributed by atoms with Crippen molar-refractivity contribution in [1.29, 1.82) is 0 Å². The van der Waals surface area contributed by atoms with Gasteiger partial charge in [0, 0.05) is 6.07 Å². The predicted molar refractivity (Wildman–Crippen MR) is 89.4 cm³/mol. The van der Waals surface area contributed by atoms with E-state index in [4.69, 9.17) is 4.74 Å². The van der Waals surface area contributed by atoms with Gasteiger partial charge < -0.3 is 9.64 Å². The van der Waals surface area contributed by atoms with Crippen LogP contribution in [0, 0.1) is 10.1 Å². The highest BCUT2D eigenvalue weighted by Crippen LogP contribution is 2.21. The summed E-state index contributed by atoms with van der Waals surface area (Å²) >= 11 is 0. The zero-order valence-electron chi connectivity index (χ0n) is 13.5. The molecule has 1 fully saturated rings. The Labute approximate surface area is 140 Å². The van der Waals surface area contributed by atoms with Crippen molar-refractivity contribution >= 4 is 11.5 Å². The van der Waals surface area contributed by atoms with Crippen LogP contribution in [0.1, 0.15) is 0 Å². The monoisotopic (exact) mass is 330 g/mol. The lowest BCUT2D eigenvalue weighted by molar-refractivity contribution is -0.900. The van der Waals surface area contributed by atoms with Crippen LogP contribution >= 0.6 is 0 Å². The fourth-order valence-electron chi connectivity index (χ4n) is 2.95. The van der Waals surface area contributed by atoms with Crippen molar-refractivity contribution in [1.82, 2.24) is 0 Å². The molecule has 7 nitrogen and oxygen atoms in total. The third kappa shape index (κ3) is 3.99. The number of nitrogens with zero attached hydrogens (tertiary/aromatic N) is 2. The molecule has 1 aromatic heterocycles. The molecule has 2 heterocycles. The van der Waals surface area contributed by atoms with Gasteiger partial charge in [-0.15, -0.1) is 0 Å². The molecule has 3 rings (SSSR count). The minimum absolute atomic E-state index is 0.133. The maximum absolute atomic E-state index is 11.1. The summed E-state index contributed by atoms with van der Waals surface area (Å²) < 4.78 is 5.74. The molecule has 0 unspecified atom stereocenters. The minimum Gasteiger partial charge on any atom is -0.488 e. The van der Waals surface area contributed by atoms with Gasteiger partial charge in [0.05, 0.1) is 11.1 Å². The Morgan fingerprint density at radius 1 is 1.17 bits per heavy atom. The number of quaternary nitrogens is 1. The number of aromatic amines is 1. The molecular weight excluding hydrogens is 308 g/mol. The first-order valence-electron chi connectivity index (χ1n) is 8.15. The Morgan fingerprint density at radius 3 is 2.62 bits per heavy atom. The number of ether oxygens (including phenoxy) is 1. The Morgan fingerprint density at radius 2 is 1.92 bits per heavy atom. The number of H-pyrrole nitrogens is 1. The zero-order valence-corrected chi connectivity index (χ0v) is 13.5. The van der Waals surface area contributed by atoms with E-state index in [0.717, 1.165) is 38.5 Å². The Bertz CT molecular complexity index is 673. The van der Waals surface area contributed by atoms with Gasteiger partial charge in [0.25, 0.3) is 0 Å². The number of nitro groups is 1. The third-order valence-corrected chi connectivity index (χ3v) is 4.26. The second-order valence-corrected chi connectivity index (χ2v) is 5.81. The molecule has 0 amide bonds. The lowest BCUT2D eigenvalue weighted by Gasteiger charge is -2.27. The first kappa shape index (κ1) is 16.2. The van der Waals surface area contributed by atoms with E-state index >= 15 is 0 Å². The van der Waals surface area contributed by atoms with Crippen LogP contribution in [-0.4, -0.2) is 44.3 Å². The van der Waals surface area contributed by atoms with Gasteiger partial charge in [-0.25, -0.2) is 9.88 Å². The van der Waals surface area contributed by atoms with E-state index in [0.29, 0.717) is 12.4 Å². The highest BCUT2D eigenvalue weighted by molar-refractivity contribution is 5.53. The summed E-state index contributed by atoms with van der Waals surface area (Å²) in [5.41, 5.74) is 0.133. The van der Waals surface area contributed by atoms with Crippen LogP contribution in [0.4, 0.5) is 11.5 Å². The Balaban J connectivity index is 1.48. The van der Waals surface area contributed by atoms with Gasteiger partial charge in [0.2, 0.25) is 0 Å². The number of rotatable bonds is 6. The zero-order chi connectivity index (χ0) is 16.8. The lowest BCUT2D eigenvalue weighted by atomic mass is 10.3. The summed E-state index contributed by atoms with van der Waals surface area (Å²) in [5, 5.41) is 11.1. The van der Waals surface area contributed by atoms with E-state index in [1.54, 1.807) is 18.3 Å². The van der Waals surface area contributed by atoms with Crippen LogP contribution in [0.3, 0.4) is 0 Å². The molecule has 0 radical (unpaired) electrons. The van der Waals surface area contributed by atoms with Crippen LogP contribution in [-0.2, 0) is 0 Å². The van der Waals surface area contributed by atoms with E-state index in [-0.39, 0.29) is 10.6 Å². The van der Waals surface area contributed by atoms with Gasteiger partial charge in [-0.3, -0.25) is 10.1 Å². The van der Waals surface area contributed by atoms with Crippen molar-refractivity contribution in [2.45, 2.75) is 0 Å². The molecule has 7 heteroatoms. The van der Waals surface area contributed by atoms with Crippen molar-refractivity contribution in [2.24, 2.45) is 0 Å². The number of piperazine rings is 1. The molecule has 2 aromatic rings. The number of para-hydroxylation sites is 1. The molecular formula is C17H22N4O3+2. The highest BCUT2D eigenvalue weighted by Gasteiger charge is 2.32. The normalized spacial score (nSPS) is 15.2. The summed E-state index contributed by atoms with van der Waals surface area (Å²) in [6, 6.07) is 13.0. The second-order valence-electron chi connectivity index (χ2n) is 5.81. The van der Waals surface area contributed by atoms with Crippen molar-refractivity contribution in [3.05, 3.63) is 58.8 Å². The summed E-state index contributed by atoms with van der Waals surface area (Å²) in [7, 11) is 0. The average molecular weight is 330 g/mol. The number of nitrogens with one attached hydrogen (secondary N) is 2. The molecule has 0 spiro atoms. The van der Waals surface area contributed by atoms with Crippen molar-refractivity contribution in [3.63, 3.8) is 0 Å². The minimum atomic E-state index is -0.335. The Hall–Kier alpha value is -2.67. The molecule has 1 aromatic carbocycles. The molecule has 1 aliphatic heterocycles. The second kappa shape index (κ2) is 7.74. The molecule has 2 N–H and O–H groups in total. The van der Waals surface area contributed by atoms with Crippen LogP contribution in [0.15, 0.2) is 48.7 Å². The van der Waals surface area contributed by atoms with Crippen molar-refractivity contribution < 1.29 is 19.5 Å². The van der Waals surface area contributed by atoms with Crippen molar-refractivity contribution in [3.8, 4) is 5.75 Å². The molecule has 1 saturated heterocycles. The third-order valence-electron chi connectivity index (χ3n) is 4.26.